The van der Waals surface area contributed by atoms with Crippen molar-refractivity contribution in [3.63, 3.8) is 0 Å². The van der Waals surface area contributed by atoms with Crippen LogP contribution < -0.4 is 10.1 Å². The lowest BCUT2D eigenvalue weighted by atomic mass is 10.0. The lowest BCUT2D eigenvalue weighted by Crippen LogP contribution is -2.40. The third kappa shape index (κ3) is 4.87. The number of nitrogens with zero attached hydrogens (tertiary/aromatic N) is 2. The lowest BCUT2D eigenvalue weighted by molar-refractivity contribution is 0.0924. The predicted octanol–water partition coefficient (Wildman–Crippen LogP) is 3.52. The van der Waals surface area contributed by atoms with Gasteiger partial charge in [-0.15, -0.1) is 0 Å². The van der Waals surface area contributed by atoms with E-state index in [9.17, 15) is 4.79 Å². The molecule has 1 N–H and O–H groups in total. The maximum atomic E-state index is 12.6. The second-order valence-corrected chi connectivity index (χ2v) is 6.79. The van der Waals surface area contributed by atoms with E-state index in [4.69, 9.17) is 10.00 Å². The minimum atomic E-state index is -0.150. The molecule has 3 rings (SSSR count). The molecule has 1 amide bonds. The monoisotopic (exact) mass is 363 g/mol. The van der Waals surface area contributed by atoms with E-state index in [0.717, 1.165) is 18.8 Å². The van der Waals surface area contributed by atoms with Crippen molar-refractivity contribution in [3.05, 3.63) is 65.2 Å². The van der Waals surface area contributed by atoms with Crippen molar-refractivity contribution >= 4 is 5.91 Å². The van der Waals surface area contributed by atoms with Crippen molar-refractivity contribution in [2.45, 2.75) is 25.3 Å². The number of carbonyl (C=O) groups excluding carboxylic acids is 1. The molecule has 0 saturated carbocycles. The van der Waals surface area contributed by atoms with Crippen LogP contribution in [0.4, 0.5) is 0 Å². The molecule has 1 aliphatic heterocycles. The summed E-state index contributed by atoms with van der Waals surface area (Å²) in [7, 11) is 1.66. The summed E-state index contributed by atoms with van der Waals surface area (Å²) in [4.78, 5) is 15.0. The van der Waals surface area contributed by atoms with Crippen molar-refractivity contribution in [2.24, 2.45) is 0 Å². The Bertz CT molecular complexity index is 805. The fraction of sp³-hybridized carbons (Fsp3) is 0.364. The SMILES string of the molecule is COc1ccc([C@@H](CNC(=O)c2cccc(C#N)c2)N2CCCCC2)cc1. The molecular formula is C22H25N3O2. The second-order valence-electron chi connectivity index (χ2n) is 6.79. The molecule has 2 aromatic carbocycles. The van der Waals surface area contributed by atoms with E-state index in [1.165, 1.54) is 24.8 Å². The van der Waals surface area contributed by atoms with Gasteiger partial charge in [0.05, 0.1) is 24.8 Å². The van der Waals surface area contributed by atoms with E-state index in [-0.39, 0.29) is 11.9 Å². The highest BCUT2D eigenvalue weighted by atomic mass is 16.5. The first-order valence-corrected chi connectivity index (χ1v) is 9.37. The highest BCUT2D eigenvalue weighted by Crippen LogP contribution is 2.26. The summed E-state index contributed by atoms with van der Waals surface area (Å²) in [6, 6.07) is 17.1. The highest BCUT2D eigenvalue weighted by Gasteiger charge is 2.23. The highest BCUT2D eigenvalue weighted by molar-refractivity contribution is 5.94. The lowest BCUT2D eigenvalue weighted by Gasteiger charge is -2.35. The summed E-state index contributed by atoms with van der Waals surface area (Å²) in [5, 5.41) is 12.1. The van der Waals surface area contributed by atoms with Crippen LogP contribution in [0.2, 0.25) is 0 Å². The first kappa shape index (κ1) is 18.9. The fourth-order valence-electron chi connectivity index (χ4n) is 3.54. The van der Waals surface area contributed by atoms with E-state index >= 15 is 0 Å². The molecule has 0 aliphatic carbocycles. The minimum absolute atomic E-state index is 0.124. The standard InChI is InChI=1S/C22H25N3O2/c1-27-20-10-8-18(9-11-20)21(25-12-3-2-4-13-25)16-24-22(26)19-7-5-6-17(14-19)15-23/h5-11,14,21H,2-4,12-13,16H2,1H3,(H,24,26)/t21-/m1/s1. The van der Waals surface area contributed by atoms with Gasteiger partial charge < -0.3 is 10.1 Å². The number of benzene rings is 2. The third-order valence-electron chi connectivity index (χ3n) is 5.04. The number of rotatable bonds is 6. The largest absolute Gasteiger partial charge is 0.497 e. The van der Waals surface area contributed by atoms with Crippen LogP contribution in [-0.4, -0.2) is 37.6 Å². The average Bonchev–Trinajstić information content (AvgIpc) is 2.75. The van der Waals surface area contributed by atoms with Crippen LogP contribution in [0, 0.1) is 11.3 Å². The van der Waals surface area contributed by atoms with Gasteiger partial charge in [-0.05, 0) is 61.8 Å². The molecule has 1 aliphatic rings. The van der Waals surface area contributed by atoms with Crippen LogP contribution >= 0.6 is 0 Å². The van der Waals surface area contributed by atoms with E-state index in [1.807, 2.05) is 12.1 Å². The smallest absolute Gasteiger partial charge is 0.251 e. The molecule has 5 heteroatoms. The number of amides is 1. The molecule has 0 unspecified atom stereocenters. The Kier molecular flexibility index (Phi) is 6.45. The number of ether oxygens (including phenoxy) is 1. The number of nitrogens with one attached hydrogen (secondary N) is 1. The fourth-order valence-corrected chi connectivity index (χ4v) is 3.54. The number of methoxy groups -OCH3 is 1. The minimum Gasteiger partial charge on any atom is -0.497 e. The normalized spacial score (nSPS) is 15.6. The van der Waals surface area contributed by atoms with E-state index < -0.39 is 0 Å². The van der Waals surface area contributed by atoms with E-state index in [0.29, 0.717) is 17.7 Å². The molecule has 140 valence electrons. The predicted molar refractivity (Wildman–Crippen MR) is 105 cm³/mol. The molecule has 1 saturated heterocycles. The molecule has 0 spiro atoms. The van der Waals surface area contributed by atoms with Crippen LogP contribution in [0.25, 0.3) is 0 Å². The molecule has 1 atom stereocenters. The topological polar surface area (TPSA) is 65.4 Å². The van der Waals surface area contributed by atoms with Gasteiger partial charge in [0.2, 0.25) is 0 Å². The summed E-state index contributed by atoms with van der Waals surface area (Å²) in [6.07, 6.45) is 3.63. The molecule has 0 aromatic heterocycles. The molecule has 27 heavy (non-hydrogen) atoms. The summed E-state index contributed by atoms with van der Waals surface area (Å²) in [5.74, 6) is 0.677. The van der Waals surface area contributed by atoms with Gasteiger partial charge in [0.1, 0.15) is 5.75 Å². The van der Waals surface area contributed by atoms with Crippen LogP contribution in [0.1, 0.15) is 46.8 Å². The first-order valence-electron chi connectivity index (χ1n) is 9.37. The molecule has 5 nitrogen and oxygen atoms in total. The zero-order valence-corrected chi connectivity index (χ0v) is 15.6. The quantitative estimate of drug-likeness (QED) is 0.853. The maximum absolute atomic E-state index is 12.6. The van der Waals surface area contributed by atoms with Gasteiger partial charge >= 0.3 is 0 Å². The van der Waals surface area contributed by atoms with Crippen molar-refractivity contribution in [3.8, 4) is 11.8 Å². The molecule has 1 fully saturated rings. The number of likely N-dealkylation sites (tertiary alicyclic amines) is 1. The Hall–Kier alpha value is -2.84. The Balaban J connectivity index is 1.74. The Morgan fingerprint density at radius 2 is 1.93 bits per heavy atom. The van der Waals surface area contributed by atoms with Crippen molar-refractivity contribution < 1.29 is 9.53 Å². The molecule has 2 aromatic rings. The van der Waals surface area contributed by atoms with E-state index in [1.54, 1.807) is 31.4 Å². The Morgan fingerprint density at radius 1 is 1.19 bits per heavy atom. The third-order valence-corrected chi connectivity index (χ3v) is 5.04. The van der Waals surface area contributed by atoms with Gasteiger partial charge in [-0.2, -0.15) is 5.26 Å². The number of hydrogen-bond donors (Lipinski definition) is 1. The van der Waals surface area contributed by atoms with Crippen LogP contribution in [0.3, 0.4) is 0 Å². The van der Waals surface area contributed by atoms with Crippen LogP contribution in [0.5, 0.6) is 5.75 Å². The van der Waals surface area contributed by atoms with Crippen molar-refractivity contribution in [1.29, 1.82) is 5.26 Å². The summed E-state index contributed by atoms with van der Waals surface area (Å²) in [5.41, 5.74) is 2.18. The van der Waals surface area contributed by atoms with Crippen LogP contribution in [-0.2, 0) is 0 Å². The Morgan fingerprint density at radius 3 is 2.59 bits per heavy atom. The first-order chi connectivity index (χ1) is 13.2. The van der Waals surface area contributed by atoms with Gasteiger partial charge in [-0.25, -0.2) is 0 Å². The Labute approximate surface area is 160 Å². The molecule has 0 radical (unpaired) electrons. The summed E-state index contributed by atoms with van der Waals surface area (Å²) >= 11 is 0. The number of nitriles is 1. The van der Waals surface area contributed by atoms with E-state index in [2.05, 4.69) is 28.4 Å². The zero-order valence-electron chi connectivity index (χ0n) is 15.6. The summed E-state index contributed by atoms with van der Waals surface area (Å²) < 4.78 is 5.26. The molecule has 0 bridgehead atoms. The van der Waals surface area contributed by atoms with Gasteiger partial charge in [0, 0.05) is 12.1 Å². The van der Waals surface area contributed by atoms with Crippen molar-refractivity contribution in [1.82, 2.24) is 10.2 Å². The maximum Gasteiger partial charge on any atom is 0.251 e. The summed E-state index contributed by atoms with van der Waals surface area (Å²) in [6.45, 7) is 2.61. The number of hydrogen-bond acceptors (Lipinski definition) is 4. The second kappa shape index (κ2) is 9.20. The van der Waals surface area contributed by atoms with Gasteiger partial charge in [-0.3, -0.25) is 9.69 Å². The van der Waals surface area contributed by atoms with Gasteiger partial charge in [0.15, 0.2) is 0 Å². The van der Waals surface area contributed by atoms with Crippen molar-refractivity contribution in [2.75, 3.05) is 26.7 Å². The molecular weight excluding hydrogens is 338 g/mol. The molecule has 1 heterocycles. The average molecular weight is 363 g/mol. The zero-order chi connectivity index (χ0) is 19.1. The number of piperidine rings is 1. The van der Waals surface area contributed by atoms with Gasteiger partial charge in [0.25, 0.3) is 5.91 Å². The number of carbonyl (C=O) groups is 1. The van der Waals surface area contributed by atoms with Crippen LogP contribution in [0.15, 0.2) is 48.5 Å². The van der Waals surface area contributed by atoms with Gasteiger partial charge in [-0.1, -0.05) is 24.6 Å².